The van der Waals surface area contributed by atoms with E-state index in [2.05, 4.69) is 81.4 Å². The van der Waals surface area contributed by atoms with Gasteiger partial charge in [0.15, 0.2) is 57.0 Å². The lowest BCUT2D eigenvalue weighted by Crippen LogP contribution is -2.05. The molecule has 20 aromatic rings. The number of hydrogen-bond donors (Lipinski definition) is 10. The minimum Gasteiger partial charge on any atom is -0.461 e. The predicted molar refractivity (Wildman–Crippen MR) is 456 cm³/mol. The van der Waals surface area contributed by atoms with Crippen molar-refractivity contribution in [3.8, 4) is 57.9 Å². The Hall–Kier alpha value is -17.0. The van der Waals surface area contributed by atoms with Crippen molar-refractivity contribution in [3.63, 3.8) is 0 Å². The summed E-state index contributed by atoms with van der Waals surface area (Å²) in [5, 5.41) is 21.8. The predicted octanol–water partition coefficient (Wildman–Crippen LogP) is 12.7. The first-order chi connectivity index (χ1) is 59.3. The molecule has 20 N–H and O–H groups in total. The quantitative estimate of drug-likeness (QED) is 0.0426. The first-order valence-electron chi connectivity index (χ1n) is 37.9. The average Bonchev–Trinajstić information content (AvgIpc) is 1.65. The molecule has 5 aromatic carbocycles. The number of anilines is 10. The van der Waals surface area contributed by atoms with Gasteiger partial charge in [0.05, 0.1) is 48.6 Å². The molecule has 0 aliphatic carbocycles. The second kappa shape index (κ2) is 33.6. The number of hydrogen-bond acceptors (Lipinski definition) is 30. The molecule has 35 nitrogen and oxygen atoms in total. The Morgan fingerprint density at radius 2 is 0.642 bits per heavy atom. The van der Waals surface area contributed by atoms with Crippen molar-refractivity contribution in [1.82, 2.24) is 97.9 Å². The largest absolute Gasteiger partial charge is 0.461 e. The molecule has 20 rings (SSSR count). The summed E-state index contributed by atoms with van der Waals surface area (Å²) in [5.74, 6) is 7.03. The summed E-state index contributed by atoms with van der Waals surface area (Å²) in [6, 6.07) is 46.3. The number of nitrogens with zero attached hydrogens (tertiary/aromatic N) is 20. The molecule has 0 atom stereocenters. The minimum absolute atomic E-state index is 0.0300. The van der Waals surface area contributed by atoms with Gasteiger partial charge in [-0.15, -0.1) is 0 Å². The Balaban J connectivity index is 0.000000114. The Bertz CT molecular complexity index is 7300. The van der Waals surface area contributed by atoms with Gasteiger partial charge in [-0.05, 0) is 171 Å². The van der Waals surface area contributed by atoms with E-state index in [1.807, 2.05) is 126 Å². The van der Waals surface area contributed by atoms with E-state index in [1.54, 1.807) is 85.5 Å². The van der Waals surface area contributed by atoms with Gasteiger partial charge in [-0.3, -0.25) is 0 Å². The zero-order valence-electron chi connectivity index (χ0n) is 66.4. The van der Waals surface area contributed by atoms with Crippen molar-refractivity contribution in [2.75, 3.05) is 57.3 Å². The number of nitrogen functional groups attached to an aromatic ring is 10. The minimum atomic E-state index is -0.798. The molecule has 0 saturated heterocycles. The van der Waals surface area contributed by atoms with E-state index in [-0.39, 0.29) is 53.1 Å². The third kappa shape index (κ3) is 17.1. The summed E-state index contributed by atoms with van der Waals surface area (Å²) in [6.07, 6.45) is 12.6. The fourth-order valence-electron chi connectivity index (χ4n) is 13.5. The highest BCUT2D eigenvalue weighted by atomic mass is 19.1. The summed E-state index contributed by atoms with van der Waals surface area (Å²) in [6.45, 7) is 9.41. The van der Waals surface area contributed by atoms with E-state index in [1.165, 1.54) is 28.9 Å². The van der Waals surface area contributed by atoms with Crippen LogP contribution >= 0.6 is 0 Å². The highest BCUT2D eigenvalue weighted by molar-refractivity contribution is 5.66. The fourth-order valence-corrected chi connectivity index (χ4v) is 13.5. The van der Waals surface area contributed by atoms with Gasteiger partial charge in [0.2, 0.25) is 58.9 Å². The molecule has 0 bridgehead atoms. The molecular formula is C85H77F3N30O5. The molecule has 38 heteroatoms. The van der Waals surface area contributed by atoms with Crippen LogP contribution in [0.3, 0.4) is 0 Å². The highest BCUT2D eigenvalue weighted by Crippen LogP contribution is 2.33. The molecule has 0 amide bonds. The topological polar surface area (TPSA) is 541 Å². The molecule has 123 heavy (non-hydrogen) atoms. The lowest BCUT2D eigenvalue weighted by Gasteiger charge is -2.08. The van der Waals surface area contributed by atoms with Gasteiger partial charge in [0.25, 0.3) is 0 Å². The van der Waals surface area contributed by atoms with Crippen LogP contribution in [0.15, 0.2) is 217 Å². The normalized spacial score (nSPS) is 11.3. The monoisotopic (exact) mass is 1650 g/mol. The average molecular weight is 1660 g/mol. The molecule has 15 aromatic heterocycles. The van der Waals surface area contributed by atoms with Crippen LogP contribution in [0.25, 0.3) is 86.2 Å². The number of nitrogens with two attached hydrogens (primary N) is 10. The van der Waals surface area contributed by atoms with Gasteiger partial charge in [-0.1, -0.05) is 48.5 Å². The molecule has 0 radical (unpaired) electrons. The van der Waals surface area contributed by atoms with Crippen LogP contribution in [0, 0.1) is 52.1 Å². The summed E-state index contributed by atoms with van der Waals surface area (Å²) in [5.41, 5.74) is 72.9. The smallest absolute Gasteiger partial charge is 0.224 e. The van der Waals surface area contributed by atoms with Crippen LogP contribution in [-0.4, -0.2) is 97.9 Å². The van der Waals surface area contributed by atoms with Crippen molar-refractivity contribution in [2.24, 2.45) is 0 Å². The molecular weight excluding hydrogens is 1580 g/mol. The van der Waals surface area contributed by atoms with E-state index in [0.29, 0.717) is 123 Å². The summed E-state index contributed by atoms with van der Waals surface area (Å²) < 4.78 is 77.0. The van der Waals surface area contributed by atoms with Crippen molar-refractivity contribution >= 4 is 86.4 Å². The number of furan rings is 5. The van der Waals surface area contributed by atoms with Gasteiger partial charge in [0.1, 0.15) is 40.5 Å². The van der Waals surface area contributed by atoms with E-state index < -0.39 is 17.5 Å². The van der Waals surface area contributed by atoms with Gasteiger partial charge >= 0.3 is 0 Å². The number of fused-ring (bicyclic) bond motifs is 5. The Labute approximate surface area is 694 Å². The van der Waals surface area contributed by atoms with Crippen LogP contribution in [-0.2, 0) is 32.1 Å². The molecule has 0 saturated carbocycles. The zero-order valence-corrected chi connectivity index (χ0v) is 66.4. The molecule has 0 unspecified atom stereocenters. The first-order valence-corrected chi connectivity index (χ1v) is 37.9. The SMILES string of the molecule is Cc1ccc(-c2nc(N)nc3c(Cc4cc(N)c(F)cc4F)cnn23)o1.Cc1ccc(-c2nc(N)nc3c(Cc4ccc(N)c(F)c4)cnn23)o1.Cc1ccc(-c2nc(N)nc3c(Cc4cccc(N)c4C)cnn23)o1.Cc1ccc(-c2nc(N)nc3c(Cc4ccccc4N)cnn23)o1.Nc1cccc(Cc2cnn3c(-c4ccco4)nc(N)nc23)c1. The summed E-state index contributed by atoms with van der Waals surface area (Å²) >= 11 is 0. The Morgan fingerprint density at radius 3 is 1.03 bits per heavy atom. The van der Waals surface area contributed by atoms with Crippen LogP contribution in [0.5, 0.6) is 0 Å². The number of aryl methyl sites for hydroxylation is 4. The first kappa shape index (κ1) is 79.9. The fraction of sp³-hybridized carbons (Fsp3) is 0.118. The van der Waals surface area contributed by atoms with Crippen molar-refractivity contribution in [1.29, 1.82) is 0 Å². The number of benzene rings is 5. The highest BCUT2D eigenvalue weighted by Gasteiger charge is 2.24. The molecule has 0 spiro atoms. The number of para-hydroxylation sites is 1. The van der Waals surface area contributed by atoms with E-state index in [9.17, 15) is 13.2 Å². The number of halogens is 3. The molecule has 0 aliphatic heterocycles. The van der Waals surface area contributed by atoms with Crippen LogP contribution in [0.1, 0.15) is 84.2 Å². The van der Waals surface area contributed by atoms with Gasteiger partial charge < -0.3 is 79.4 Å². The van der Waals surface area contributed by atoms with Crippen LogP contribution in [0.2, 0.25) is 0 Å². The molecule has 618 valence electrons. The Kier molecular flexibility index (Phi) is 21.8. The third-order valence-corrected chi connectivity index (χ3v) is 19.5. The zero-order chi connectivity index (χ0) is 86.0. The number of aromatic nitrogens is 20. The third-order valence-electron chi connectivity index (χ3n) is 19.5. The van der Waals surface area contributed by atoms with Gasteiger partial charge in [0, 0.05) is 83.0 Å². The standard InChI is InChI=1S/C18H18N6O.C17H14F2N6O.C17H15FN6O.C17H16N6O.C16H14N6O/c1-10-6-7-15(25-10)17-23-18(20)22-16-13(9-21-24(16)17)8-12-4-3-5-14(19)11(12)2;1-8-2-3-14(26-8)16-24-17(21)23-15-10(7-22-25(15)16)4-9-5-13(20)12(19)6-11(9)18;1-9-2-5-14(25-9)16-23-17(20)22-15-11(8-21-24(15)16)6-10-3-4-13(19)12(18)7-10;1-10-6-7-14(24-10)16-22-17(19)21-15-12(9-20-23(15)16)8-11-4-2-3-5-13(11)18;17-12-4-1-3-10(8-12)7-11-9-19-22-14(11)20-16(18)21-15(22)13-5-2-6-23-13/h3-7,9H,8,19H2,1-2H3,(H2,20,22);2-3,5-7H,4,20H2,1H3,(H2,21,23);2-5,7-8H,6,19H2,1H3,(H2,20,22);2-7,9H,8,18H2,1H3,(H2,19,21);1-6,8-9H,7,17H2,(H2,18,20). The maximum atomic E-state index is 14.1. The molecule has 15 heterocycles. The van der Waals surface area contributed by atoms with Gasteiger partial charge in [-0.2, -0.15) is 97.9 Å². The second-order valence-electron chi connectivity index (χ2n) is 28.5. The summed E-state index contributed by atoms with van der Waals surface area (Å²) in [7, 11) is 0. The lowest BCUT2D eigenvalue weighted by molar-refractivity contribution is 0.541. The van der Waals surface area contributed by atoms with Crippen LogP contribution < -0.4 is 57.3 Å². The van der Waals surface area contributed by atoms with Crippen molar-refractivity contribution in [2.45, 2.75) is 66.7 Å². The summed E-state index contributed by atoms with van der Waals surface area (Å²) in [4.78, 5) is 42.7. The van der Waals surface area contributed by atoms with Crippen molar-refractivity contribution < 1.29 is 35.3 Å². The number of rotatable bonds is 15. The lowest BCUT2D eigenvalue weighted by atomic mass is 10.0. The Morgan fingerprint density at radius 1 is 0.276 bits per heavy atom. The van der Waals surface area contributed by atoms with E-state index in [0.717, 1.165) is 90.5 Å². The van der Waals surface area contributed by atoms with Crippen molar-refractivity contribution in [3.05, 3.63) is 297 Å². The van der Waals surface area contributed by atoms with Crippen LogP contribution in [0.4, 0.5) is 71.3 Å². The molecule has 0 aliphatic rings. The second-order valence-corrected chi connectivity index (χ2v) is 28.5. The van der Waals surface area contributed by atoms with E-state index in [4.69, 9.17) is 79.4 Å². The molecule has 0 fully saturated rings. The van der Waals surface area contributed by atoms with Gasteiger partial charge in [-0.25, -0.2) is 13.2 Å². The maximum Gasteiger partial charge on any atom is 0.224 e. The van der Waals surface area contributed by atoms with E-state index >= 15 is 0 Å². The maximum absolute atomic E-state index is 14.1.